The number of carbonyl (C=O) groups excluding carboxylic acids is 1. The average molecular weight is 625 g/mol. The molecule has 1 aromatic carbocycles. The van der Waals surface area contributed by atoms with E-state index in [0.717, 1.165) is 17.0 Å². The van der Waals surface area contributed by atoms with Crippen molar-refractivity contribution in [1.82, 2.24) is 34.6 Å². The molecule has 1 saturated heterocycles. The second-order valence-electron chi connectivity index (χ2n) is 11.7. The number of rotatable bonds is 8. The van der Waals surface area contributed by atoms with Gasteiger partial charge in [-0.15, -0.1) is 0 Å². The van der Waals surface area contributed by atoms with Crippen LogP contribution in [-0.2, 0) is 17.8 Å². The Labute approximate surface area is 264 Å². The number of aromatic amines is 1. The lowest BCUT2D eigenvalue weighted by Gasteiger charge is -2.40. The van der Waals surface area contributed by atoms with E-state index in [1.54, 1.807) is 29.4 Å². The molecule has 1 aliphatic rings. The average Bonchev–Trinajstić information content (AvgIpc) is 3.52. The zero-order valence-corrected chi connectivity index (χ0v) is 25.9. The number of aromatic nitrogens is 6. The van der Waals surface area contributed by atoms with E-state index in [1.165, 1.54) is 18.2 Å². The number of piperazine rings is 1. The smallest absolute Gasteiger partial charge is 0.348 e. The third kappa shape index (κ3) is 5.90. The van der Waals surface area contributed by atoms with Gasteiger partial charge >= 0.3 is 5.69 Å². The van der Waals surface area contributed by atoms with Crippen molar-refractivity contribution >= 4 is 22.8 Å². The molecular formula is C34H34F2N8O2. The molecule has 236 valence electrons. The Morgan fingerprint density at radius 1 is 1.11 bits per heavy atom. The highest BCUT2D eigenvalue weighted by Gasteiger charge is 2.29. The fourth-order valence-electron chi connectivity index (χ4n) is 5.98. The molecule has 1 amide bonds. The highest BCUT2D eigenvalue weighted by atomic mass is 19.1. The van der Waals surface area contributed by atoms with Gasteiger partial charge in [-0.1, -0.05) is 32.6 Å². The quantitative estimate of drug-likeness (QED) is 0.239. The molecule has 5 aromatic rings. The summed E-state index contributed by atoms with van der Waals surface area (Å²) in [5, 5.41) is 4.77. The molecule has 0 unspecified atom stereocenters. The Morgan fingerprint density at radius 3 is 2.70 bits per heavy atom. The minimum absolute atomic E-state index is 0.0192. The second-order valence-corrected chi connectivity index (χ2v) is 11.7. The normalized spacial score (nSPS) is 15.1. The van der Waals surface area contributed by atoms with Gasteiger partial charge in [-0.3, -0.25) is 19.4 Å². The molecule has 1 atom stereocenters. The Morgan fingerprint density at radius 2 is 1.93 bits per heavy atom. The second kappa shape index (κ2) is 12.6. The largest absolute Gasteiger partial charge is 0.350 e. The van der Waals surface area contributed by atoms with Gasteiger partial charge in [0.2, 0.25) is 5.91 Å². The van der Waals surface area contributed by atoms with Crippen LogP contribution in [0.2, 0.25) is 0 Å². The summed E-state index contributed by atoms with van der Waals surface area (Å²) in [6.07, 6.45) is 5.09. The highest BCUT2D eigenvalue weighted by molar-refractivity contribution is 5.90. The van der Waals surface area contributed by atoms with Gasteiger partial charge in [0.15, 0.2) is 0 Å². The predicted molar refractivity (Wildman–Crippen MR) is 172 cm³/mol. The van der Waals surface area contributed by atoms with Crippen molar-refractivity contribution in [3.8, 4) is 22.5 Å². The van der Waals surface area contributed by atoms with Crippen LogP contribution in [0.4, 0.5) is 14.6 Å². The number of aryl methyl sites for hydroxylation is 2. The Kier molecular flexibility index (Phi) is 8.44. The number of anilines is 1. The maximum atomic E-state index is 16.0. The van der Waals surface area contributed by atoms with Crippen molar-refractivity contribution in [1.29, 1.82) is 0 Å². The van der Waals surface area contributed by atoms with E-state index in [-0.39, 0.29) is 46.0 Å². The number of nitrogens with one attached hydrogen (secondary N) is 1. The standard InChI is InChI=1S/C34H34F2N8O2/c1-5-29(45)42-15-16-43(21(4)19-42)33-24-18-26(36)31(39-32(24)40-34(46)41-33)30-22(7-6-8-25(30)35)11-14-44-28(10-13-38-44)23-9-12-37-27(17-23)20(2)3/h5-10,12-13,17-18,20-21H,1,11,14-16,19H2,2-4H3,(H,39,40,41,46)/t21-/m0/s1. The Bertz CT molecular complexity index is 2000. The molecule has 12 heteroatoms. The van der Waals surface area contributed by atoms with Crippen molar-refractivity contribution < 1.29 is 13.6 Å². The maximum Gasteiger partial charge on any atom is 0.348 e. The van der Waals surface area contributed by atoms with Crippen LogP contribution in [0, 0.1) is 11.6 Å². The van der Waals surface area contributed by atoms with E-state index in [9.17, 15) is 9.59 Å². The molecule has 1 N–H and O–H groups in total. The van der Waals surface area contributed by atoms with Gasteiger partial charge in [0, 0.05) is 61.4 Å². The zero-order valence-electron chi connectivity index (χ0n) is 25.9. The number of hydrogen-bond acceptors (Lipinski definition) is 7. The third-order valence-electron chi connectivity index (χ3n) is 8.35. The number of amides is 1. The van der Waals surface area contributed by atoms with Crippen LogP contribution in [0.25, 0.3) is 33.5 Å². The molecule has 1 aliphatic heterocycles. The summed E-state index contributed by atoms with van der Waals surface area (Å²) < 4.78 is 33.3. The SMILES string of the molecule is C=CC(=O)N1CCN(c2nc(=O)[nH]c3nc(-c4c(F)cccc4CCn4nccc4-c4ccnc(C(C)C)c4)c(F)cc23)[C@@H](C)C1. The predicted octanol–water partition coefficient (Wildman–Crippen LogP) is 5.11. The van der Waals surface area contributed by atoms with E-state index in [0.29, 0.717) is 38.2 Å². The number of benzene rings is 1. The van der Waals surface area contributed by atoms with Crippen LogP contribution in [-0.4, -0.2) is 66.2 Å². The first kappa shape index (κ1) is 30.8. The molecule has 46 heavy (non-hydrogen) atoms. The summed E-state index contributed by atoms with van der Waals surface area (Å²) in [4.78, 5) is 44.0. The summed E-state index contributed by atoms with van der Waals surface area (Å²) in [7, 11) is 0. The van der Waals surface area contributed by atoms with E-state index in [4.69, 9.17) is 0 Å². The van der Waals surface area contributed by atoms with Gasteiger partial charge in [-0.05, 0) is 61.2 Å². The molecule has 6 rings (SSSR count). The van der Waals surface area contributed by atoms with Gasteiger partial charge in [-0.25, -0.2) is 18.6 Å². The topological polar surface area (TPSA) is 113 Å². The number of halogens is 2. The fraction of sp³-hybridized carbons (Fsp3) is 0.294. The van der Waals surface area contributed by atoms with Gasteiger partial charge in [-0.2, -0.15) is 10.1 Å². The molecule has 0 bridgehead atoms. The van der Waals surface area contributed by atoms with Crippen LogP contribution in [0.3, 0.4) is 0 Å². The lowest BCUT2D eigenvalue weighted by molar-refractivity contribution is -0.126. The summed E-state index contributed by atoms with van der Waals surface area (Å²) in [6.45, 7) is 11.1. The third-order valence-corrected chi connectivity index (χ3v) is 8.35. The molecule has 0 radical (unpaired) electrons. The van der Waals surface area contributed by atoms with Gasteiger partial charge in [0.05, 0.1) is 11.1 Å². The monoisotopic (exact) mass is 624 g/mol. The van der Waals surface area contributed by atoms with Crippen LogP contribution in [0.15, 0.2) is 72.3 Å². The first-order chi connectivity index (χ1) is 22.1. The number of fused-ring (bicyclic) bond motifs is 1. The van der Waals surface area contributed by atoms with Crippen molar-refractivity contribution in [3.05, 3.63) is 101 Å². The Balaban J connectivity index is 1.33. The van der Waals surface area contributed by atoms with Gasteiger partial charge in [0.1, 0.15) is 28.8 Å². The van der Waals surface area contributed by atoms with E-state index in [1.807, 2.05) is 34.7 Å². The number of carbonyl (C=O) groups is 1. The molecule has 0 spiro atoms. The number of nitrogens with zero attached hydrogens (tertiary/aromatic N) is 7. The minimum atomic E-state index is -0.750. The minimum Gasteiger partial charge on any atom is -0.350 e. The molecule has 4 aromatic heterocycles. The first-order valence-corrected chi connectivity index (χ1v) is 15.2. The van der Waals surface area contributed by atoms with Crippen LogP contribution in [0.5, 0.6) is 0 Å². The van der Waals surface area contributed by atoms with E-state index in [2.05, 4.69) is 45.5 Å². The summed E-state index contributed by atoms with van der Waals surface area (Å²) in [5.41, 5.74) is 2.59. The first-order valence-electron chi connectivity index (χ1n) is 15.2. The van der Waals surface area contributed by atoms with Crippen molar-refractivity contribution in [2.45, 2.75) is 45.7 Å². The van der Waals surface area contributed by atoms with E-state index >= 15 is 8.78 Å². The molecule has 5 heterocycles. The summed E-state index contributed by atoms with van der Waals surface area (Å²) in [6, 6.07) is 11.5. The maximum absolute atomic E-state index is 16.0. The summed E-state index contributed by atoms with van der Waals surface area (Å²) >= 11 is 0. The molecular weight excluding hydrogens is 590 g/mol. The number of H-pyrrole nitrogens is 1. The molecule has 0 aliphatic carbocycles. The van der Waals surface area contributed by atoms with Gasteiger partial charge in [0.25, 0.3) is 0 Å². The highest BCUT2D eigenvalue weighted by Crippen LogP contribution is 2.33. The van der Waals surface area contributed by atoms with Crippen LogP contribution < -0.4 is 10.6 Å². The van der Waals surface area contributed by atoms with Gasteiger partial charge < -0.3 is 9.80 Å². The number of pyridine rings is 2. The van der Waals surface area contributed by atoms with Crippen molar-refractivity contribution in [2.75, 3.05) is 24.5 Å². The van der Waals surface area contributed by atoms with Crippen LogP contribution in [0.1, 0.15) is 37.9 Å². The lowest BCUT2D eigenvalue weighted by Crippen LogP contribution is -2.54. The van der Waals surface area contributed by atoms with Crippen LogP contribution >= 0.6 is 0 Å². The molecule has 10 nitrogen and oxygen atoms in total. The molecule has 0 saturated carbocycles. The Hall–Kier alpha value is -5.26. The number of hydrogen-bond donors (Lipinski definition) is 1. The summed E-state index contributed by atoms with van der Waals surface area (Å²) in [5.74, 6) is -1.05. The fourth-order valence-corrected chi connectivity index (χ4v) is 5.98. The van der Waals surface area contributed by atoms with Crippen molar-refractivity contribution in [2.24, 2.45) is 0 Å². The van der Waals surface area contributed by atoms with Crippen molar-refractivity contribution in [3.63, 3.8) is 0 Å². The van der Waals surface area contributed by atoms with E-state index < -0.39 is 17.3 Å². The zero-order chi connectivity index (χ0) is 32.5. The molecule has 1 fully saturated rings. The lowest BCUT2D eigenvalue weighted by atomic mass is 9.99.